The lowest BCUT2D eigenvalue weighted by Gasteiger charge is -2.41. The molecule has 1 heterocycles. The van der Waals surface area contributed by atoms with Crippen LogP contribution in [0.25, 0.3) is 0 Å². The van der Waals surface area contributed by atoms with Crippen LogP contribution in [-0.4, -0.2) is 24.5 Å². The van der Waals surface area contributed by atoms with Gasteiger partial charge in [0.25, 0.3) is 0 Å². The molecule has 110 valence electrons. The number of benzene rings is 1. The average molecular weight is 275 g/mol. The van der Waals surface area contributed by atoms with Crippen LogP contribution >= 0.6 is 0 Å². The van der Waals surface area contributed by atoms with Crippen LogP contribution in [0.2, 0.25) is 0 Å². The summed E-state index contributed by atoms with van der Waals surface area (Å²) in [6.07, 6.45) is 0.537. The number of anilines is 1. The number of hydrogen-bond donors (Lipinski definition) is 0. The van der Waals surface area contributed by atoms with E-state index < -0.39 is 0 Å². The number of carbonyl (C=O) groups is 1. The minimum absolute atomic E-state index is 0.183. The Kier molecular flexibility index (Phi) is 4.07. The highest BCUT2D eigenvalue weighted by molar-refractivity contribution is 5.97. The second-order valence-electron chi connectivity index (χ2n) is 6.60. The van der Waals surface area contributed by atoms with Crippen LogP contribution in [-0.2, 0) is 0 Å². The molecular formula is C17H25NO2. The van der Waals surface area contributed by atoms with Crippen molar-refractivity contribution < 1.29 is 9.53 Å². The maximum atomic E-state index is 11.9. The second kappa shape index (κ2) is 5.47. The van der Waals surface area contributed by atoms with Crippen molar-refractivity contribution in [3.05, 3.63) is 23.8 Å². The van der Waals surface area contributed by atoms with Crippen LogP contribution in [0.3, 0.4) is 0 Å². The van der Waals surface area contributed by atoms with E-state index in [0.717, 1.165) is 30.1 Å². The zero-order valence-corrected chi connectivity index (χ0v) is 13.2. The van der Waals surface area contributed by atoms with Crippen LogP contribution < -0.4 is 9.64 Å². The van der Waals surface area contributed by atoms with Crippen molar-refractivity contribution in [1.82, 2.24) is 0 Å². The summed E-state index contributed by atoms with van der Waals surface area (Å²) in [4.78, 5) is 14.2. The molecule has 0 radical (unpaired) electrons. The highest BCUT2D eigenvalue weighted by Crippen LogP contribution is 2.38. The topological polar surface area (TPSA) is 29.5 Å². The Bertz CT molecular complexity index is 506. The molecule has 0 unspecified atom stereocenters. The lowest BCUT2D eigenvalue weighted by atomic mass is 10.0. The predicted octanol–water partition coefficient (Wildman–Crippen LogP) is 3.91. The molecule has 0 saturated heterocycles. The molecule has 1 aromatic rings. The van der Waals surface area contributed by atoms with Gasteiger partial charge in [0.15, 0.2) is 5.78 Å². The Hall–Kier alpha value is -1.51. The van der Waals surface area contributed by atoms with Crippen LogP contribution in [0.15, 0.2) is 18.2 Å². The minimum Gasteiger partial charge on any atom is -0.484 e. The van der Waals surface area contributed by atoms with E-state index >= 15 is 0 Å². The van der Waals surface area contributed by atoms with Gasteiger partial charge in [-0.2, -0.15) is 0 Å². The molecule has 1 aliphatic rings. The summed E-state index contributed by atoms with van der Waals surface area (Å²) in [5.74, 6) is 1.64. The number of ether oxygens (including phenoxy) is 1. The van der Waals surface area contributed by atoms with Gasteiger partial charge in [-0.25, -0.2) is 0 Å². The highest BCUT2D eigenvalue weighted by Gasteiger charge is 2.32. The van der Waals surface area contributed by atoms with Crippen molar-refractivity contribution >= 4 is 11.5 Å². The SMILES string of the molecule is CCC(=O)c1ccc2c(c1)N(CC(C)C)CC(C)(C)O2. The summed E-state index contributed by atoms with van der Waals surface area (Å²) in [5, 5.41) is 0. The maximum absolute atomic E-state index is 11.9. The minimum atomic E-state index is -0.196. The molecular weight excluding hydrogens is 250 g/mol. The molecule has 20 heavy (non-hydrogen) atoms. The third-order valence-electron chi connectivity index (χ3n) is 3.49. The Morgan fingerprint density at radius 3 is 2.70 bits per heavy atom. The van der Waals surface area contributed by atoms with E-state index in [2.05, 4.69) is 32.6 Å². The molecule has 3 nitrogen and oxygen atoms in total. The number of ketones is 1. The van der Waals surface area contributed by atoms with Gasteiger partial charge in [0.05, 0.1) is 12.2 Å². The van der Waals surface area contributed by atoms with Crippen molar-refractivity contribution in [2.24, 2.45) is 5.92 Å². The Labute approximate surface area is 121 Å². The lowest BCUT2D eigenvalue weighted by Crippen LogP contribution is -2.48. The number of hydrogen-bond acceptors (Lipinski definition) is 3. The molecule has 0 aromatic heterocycles. The summed E-state index contributed by atoms with van der Waals surface area (Å²) >= 11 is 0. The molecule has 1 aromatic carbocycles. The van der Waals surface area contributed by atoms with E-state index in [0.29, 0.717) is 12.3 Å². The van der Waals surface area contributed by atoms with Gasteiger partial charge in [0.2, 0.25) is 0 Å². The van der Waals surface area contributed by atoms with Gasteiger partial charge in [0, 0.05) is 18.5 Å². The van der Waals surface area contributed by atoms with Crippen LogP contribution in [0, 0.1) is 5.92 Å². The number of fused-ring (bicyclic) bond motifs is 1. The molecule has 0 amide bonds. The zero-order chi connectivity index (χ0) is 14.9. The highest BCUT2D eigenvalue weighted by atomic mass is 16.5. The molecule has 0 N–H and O–H groups in total. The largest absolute Gasteiger partial charge is 0.484 e. The monoisotopic (exact) mass is 275 g/mol. The average Bonchev–Trinajstić information content (AvgIpc) is 2.35. The molecule has 1 aliphatic heterocycles. The van der Waals surface area contributed by atoms with E-state index in [4.69, 9.17) is 4.74 Å². The first-order chi connectivity index (χ1) is 9.32. The molecule has 0 bridgehead atoms. The number of rotatable bonds is 4. The van der Waals surface area contributed by atoms with Crippen molar-refractivity contribution in [2.75, 3.05) is 18.0 Å². The van der Waals surface area contributed by atoms with Gasteiger partial charge < -0.3 is 9.64 Å². The summed E-state index contributed by atoms with van der Waals surface area (Å²) in [6, 6.07) is 5.80. The summed E-state index contributed by atoms with van der Waals surface area (Å²) < 4.78 is 6.05. The first-order valence-corrected chi connectivity index (χ1v) is 7.43. The van der Waals surface area contributed by atoms with Crippen LogP contribution in [0.5, 0.6) is 5.75 Å². The zero-order valence-electron chi connectivity index (χ0n) is 13.2. The first kappa shape index (κ1) is 14.9. The molecule has 2 rings (SSSR count). The van der Waals surface area contributed by atoms with Crippen molar-refractivity contribution in [3.8, 4) is 5.75 Å². The van der Waals surface area contributed by atoms with E-state index in [9.17, 15) is 4.79 Å². The van der Waals surface area contributed by atoms with Gasteiger partial charge >= 0.3 is 0 Å². The second-order valence-corrected chi connectivity index (χ2v) is 6.60. The molecule has 0 fully saturated rings. The first-order valence-electron chi connectivity index (χ1n) is 7.43. The molecule has 0 aliphatic carbocycles. The van der Waals surface area contributed by atoms with Gasteiger partial charge in [-0.3, -0.25) is 4.79 Å². The maximum Gasteiger partial charge on any atom is 0.162 e. The van der Waals surface area contributed by atoms with Gasteiger partial charge in [-0.15, -0.1) is 0 Å². The molecule has 0 spiro atoms. The van der Waals surface area contributed by atoms with E-state index in [1.54, 1.807) is 0 Å². The molecule has 0 saturated carbocycles. The number of nitrogens with zero attached hydrogens (tertiary/aromatic N) is 1. The van der Waals surface area contributed by atoms with Crippen molar-refractivity contribution in [1.29, 1.82) is 0 Å². The standard InChI is InChI=1S/C17H25NO2/c1-6-15(19)13-7-8-16-14(9-13)18(10-12(2)3)11-17(4,5)20-16/h7-9,12H,6,10-11H2,1-5H3. The van der Waals surface area contributed by atoms with Gasteiger partial charge in [0.1, 0.15) is 11.4 Å². The summed E-state index contributed by atoms with van der Waals surface area (Å²) in [5.41, 5.74) is 1.64. The fourth-order valence-electron chi connectivity index (χ4n) is 2.71. The third kappa shape index (κ3) is 3.14. The van der Waals surface area contributed by atoms with E-state index in [-0.39, 0.29) is 11.4 Å². The summed E-state index contributed by atoms with van der Waals surface area (Å²) in [7, 11) is 0. The lowest BCUT2D eigenvalue weighted by molar-refractivity contribution is 0.0986. The van der Waals surface area contributed by atoms with E-state index in [1.165, 1.54) is 0 Å². The Morgan fingerprint density at radius 2 is 2.10 bits per heavy atom. The van der Waals surface area contributed by atoms with Gasteiger partial charge in [-0.05, 0) is 38.0 Å². The fraction of sp³-hybridized carbons (Fsp3) is 0.588. The van der Waals surface area contributed by atoms with E-state index in [1.807, 2.05) is 25.1 Å². The fourth-order valence-corrected chi connectivity index (χ4v) is 2.71. The van der Waals surface area contributed by atoms with Gasteiger partial charge in [-0.1, -0.05) is 20.8 Å². The molecule has 0 atom stereocenters. The van der Waals surface area contributed by atoms with Crippen LogP contribution in [0.4, 0.5) is 5.69 Å². The molecule has 3 heteroatoms. The Balaban J connectivity index is 2.40. The quantitative estimate of drug-likeness (QED) is 0.780. The van der Waals surface area contributed by atoms with Crippen molar-refractivity contribution in [3.63, 3.8) is 0 Å². The number of carbonyl (C=O) groups excluding carboxylic acids is 1. The van der Waals surface area contributed by atoms with Crippen molar-refractivity contribution in [2.45, 2.75) is 46.6 Å². The van der Waals surface area contributed by atoms with Crippen LogP contribution in [0.1, 0.15) is 51.4 Å². The number of Topliss-reactive ketones (excluding diaryl/α,β-unsaturated/α-hetero) is 1. The predicted molar refractivity (Wildman–Crippen MR) is 82.8 cm³/mol. The normalized spacial score (nSPS) is 16.8. The smallest absolute Gasteiger partial charge is 0.162 e. The summed E-state index contributed by atoms with van der Waals surface area (Å²) in [6.45, 7) is 12.4. The Morgan fingerprint density at radius 1 is 1.40 bits per heavy atom. The third-order valence-corrected chi connectivity index (χ3v) is 3.49.